The molecule has 1 aromatic carbocycles. The number of hydrogen-bond acceptors (Lipinski definition) is 3. The molecule has 0 unspecified atom stereocenters. The van der Waals surface area contributed by atoms with Gasteiger partial charge in [0.05, 0.1) is 0 Å². The predicted molar refractivity (Wildman–Crippen MR) is 101 cm³/mol. The maximum absolute atomic E-state index is 14.0. The van der Waals surface area contributed by atoms with Gasteiger partial charge in [-0.05, 0) is 37.9 Å². The third kappa shape index (κ3) is 6.93. The van der Waals surface area contributed by atoms with Crippen LogP contribution in [0.25, 0.3) is 0 Å². The van der Waals surface area contributed by atoms with Gasteiger partial charge in [-0.1, -0.05) is 19.4 Å². The number of ether oxygens (including phenoxy) is 1. The summed E-state index contributed by atoms with van der Waals surface area (Å²) in [7, 11) is 1.63. The Morgan fingerprint density at radius 2 is 2.07 bits per heavy atom. The second-order valence-electron chi connectivity index (χ2n) is 6.63. The molecule has 1 saturated heterocycles. The molecule has 1 aromatic rings. The minimum absolute atomic E-state index is 0.00372. The smallest absolute Gasteiger partial charge is 0.387 e. The van der Waals surface area contributed by atoms with E-state index in [1.807, 2.05) is 0 Å². The number of nitrogens with one attached hydrogen (secondary N) is 2. The summed E-state index contributed by atoms with van der Waals surface area (Å²) in [5.41, 5.74) is 0.0511. The van der Waals surface area contributed by atoms with Crippen molar-refractivity contribution in [1.29, 1.82) is 0 Å². The first-order valence-corrected chi connectivity index (χ1v) is 9.45. The highest BCUT2D eigenvalue weighted by atomic mass is 19.3. The van der Waals surface area contributed by atoms with Crippen molar-refractivity contribution in [3.8, 4) is 5.75 Å². The number of aliphatic imine (C=N–C) groups is 1. The van der Waals surface area contributed by atoms with Gasteiger partial charge in [-0.2, -0.15) is 8.78 Å². The van der Waals surface area contributed by atoms with Crippen LogP contribution in [0, 0.1) is 5.82 Å². The molecule has 1 heterocycles. The maximum Gasteiger partial charge on any atom is 0.387 e. The van der Waals surface area contributed by atoms with Crippen molar-refractivity contribution in [3.05, 3.63) is 29.6 Å². The molecule has 1 fully saturated rings. The number of nitrogens with zero attached hydrogens (tertiary/aromatic N) is 2. The van der Waals surface area contributed by atoms with E-state index in [0.717, 1.165) is 32.5 Å². The van der Waals surface area contributed by atoms with Crippen LogP contribution in [0.3, 0.4) is 0 Å². The second kappa shape index (κ2) is 11.0. The first-order chi connectivity index (χ1) is 13.0. The van der Waals surface area contributed by atoms with Crippen LogP contribution in [-0.2, 0) is 6.54 Å². The average Bonchev–Trinajstić information content (AvgIpc) is 2.65. The molecular formula is C19H29F3N4O. The Morgan fingerprint density at radius 1 is 1.33 bits per heavy atom. The van der Waals surface area contributed by atoms with Gasteiger partial charge < -0.3 is 20.3 Å². The summed E-state index contributed by atoms with van der Waals surface area (Å²) in [4.78, 5) is 6.62. The zero-order valence-corrected chi connectivity index (χ0v) is 16.0. The maximum atomic E-state index is 14.0. The molecule has 27 heavy (non-hydrogen) atoms. The van der Waals surface area contributed by atoms with E-state index >= 15 is 0 Å². The summed E-state index contributed by atoms with van der Waals surface area (Å²) >= 11 is 0. The highest BCUT2D eigenvalue weighted by Crippen LogP contribution is 2.23. The number of hydrogen-bond donors (Lipinski definition) is 2. The quantitative estimate of drug-likeness (QED) is 0.531. The molecule has 0 atom stereocenters. The van der Waals surface area contributed by atoms with Gasteiger partial charge in [-0.3, -0.25) is 4.99 Å². The van der Waals surface area contributed by atoms with Crippen LogP contribution >= 0.6 is 0 Å². The fourth-order valence-corrected chi connectivity index (χ4v) is 3.16. The normalized spacial score (nSPS) is 16.6. The van der Waals surface area contributed by atoms with Crippen molar-refractivity contribution in [2.45, 2.75) is 51.8 Å². The van der Waals surface area contributed by atoms with Crippen LogP contribution in [-0.4, -0.2) is 50.2 Å². The molecule has 1 aliphatic heterocycles. The lowest BCUT2D eigenvalue weighted by atomic mass is 10.0. The van der Waals surface area contributed by atoms with Crippen LogP contribution in [0.15, 0.2) is 23.2 Å². The van der Waals surface area contributed by atoms with Crippen LogP contribution in [0.1, 0.15) is 38.2 Å². The number of rotatable bonds is 8. The summed E-state index contributed by atoms with van der Waals surface area (Å²) in [6, 6.07) is 4.17. The highest BCUT2D eigenvalue weighted by molar-refractivity contribution is 5.80. The Labute approximate surface area is 159 Å². The zero-order chi connectivity index (χ0) is 19.6. The first kappa shape index (κ1) is 21.3. The molecule has 152 valence electrons. The van der Waals surface area contributed by atoms with Gasteiger partial charge in [0.15, 0.2) is 5.96 Å². The molecule has 0 amide bonds. The molecule has 2 N–H and O–H groups in total. The van der Waals surface area contributed by atoms with Gasteiger partial charge in [0, 0.05) is 38.3 Å². The van der Waals surface area contributed by atoms with Crippen molar-refractivity contribution in [2.75, 3.05) is 26.7 Å². The van der Waals surface area contributed by atoms with Crippen molar-refractivity contribution >= 4 is 5.96 Å². The van der Waals surface area contributed by atoms with Crippen molar-refractivity contribution < 1.29 is 17.9 Å². The lowest BCUT2D eigenvalue weighted by Gasteiger charge is -2.33. The van der Waals surface area contributed by atoms with Gasteiger partial charge >= 0.3 is 6.61 Å². The van der Waals surface area contributed by atoms with Gasteiger partial charge in [-0.15, -0.1) is 0 Å². The third-order valence-electron chi connectivity index (χ3n) is 4.70. The molecule has 0 radical (unpaired) electrons. The molecule has 2 rings (SSSR count). The topological polar surface area (TPSA) is 48.9 Å². The van der Waals surface area contributed by atoms with Gasteiger partial charge in [-0.25, -0.2) is 4.39 Å². The molecule has 1 aliphatic rings. The fourth-order valence-electron chi connectivity index (χ4n) is 3.16. The number of benzene rings is 1. The fraction of sp³-hybridized carbons (Fsp3) is 0.632. The third-order valence-corrected chi connectivity index (χ3v) is 4.70. The van der Waals surface area contributed by atoms with Crippen LogP contribution in [0.5, 0.6) is 5.75 Å². The molecule has 8 heteroatoms. The first-order valence-electron chi connectivity index (χ1n) is 9.45. The minimum atomic E-state index is -3.00. The number of guanidine groups is 1. The lowest BCUT2D eigenvalue weighted by molar-refractivity contribution is -0.0506. The summed E-state index contributed by atoms with van der Waals surface area (Å²) < 4.78 is 43.5. The number of halogens is 3. The minimum Gasteiger partial charge on any atom is -0.434 e. The van der Waals surface area contributed by atoms with Crippen molar-refractivity contribution in [3.63, 3.8) is 0 Å². The monoisotopic (exact) mass is 386 g/mol. The van der Waals surface area contributed by atoms with E-state index in [1.165, 1.54) is 31.0 Å². The van der Waals surface area contributed by atoms with E-state index in [2.05, 4.69) is 32.2 Å². The highest BCUT2D eigenvalue weighted by Gasteiger charge is 2.20. The molecule has 0 aromatic heterocycles. The second-order valence-corrected chi connectivity index (χ2v) is 6.63. The van der Waals surface area contributed by atoms with Gasteiger partial charge in [0.1, 0.15) is 11.6 Å². The average molecular weight is 386 g/mol. The largest absolute Gasteiger partial charge is 0.434 e. The van der Waals surface area contributed by atoms with E-state index in [1.54, 1.807) is 7.05 Å². The number of unbranched alkanes of at least 4 members (excludes halogenated alkanes) is 1. The van der Waals surface area contributed by atoms with Gasteiger partial charge in [0.2, 0.25) is 0 Å². The Hall–Kier alpha value is -1.96. The molecule has 0 spiro atoms. The molecule has 0 aliphatic carbocycles. The van der Waals surface area contributed by atoms with E-state index in [-0.39, 0.29) is 23.9 Å². The van der Waals surface area contributed by atoms with Crippen LogP contribution in [0.2, 0.25) is 0 Å². The van der Waals surface area contributed by atoms with E-state index in [4.69, 9.17) is 0 Å². The zero-order valence-electron chi connectivity index (χ0n) is 16.0. The summed E-state index contributed by atoms with van der Waals surface area (Å²) in [5, 5.41) is 6.33. The Kier molecular flexibility index (Phi) is 8.71. The van der Waals surface area contributed by atoms with Gasteiger partial charge in [0.25, 0.3) is 0 Å². The van der Waals surface area contributed by atoms with Crippen molar-refractivity contribution in [2.24, 2.45) is 4.99 Å². The summed E-state index contributed by atoms with van der Waals surface area (Å²) in [6.07, 6.45) is 4.42. The predicted octanol–water partition coefficient (Wildman–Crippen LogP) is 3.36. The Morgan fingerprint density at radius 3 is 2.70 bits per heavy atom. The molecule has 0 bridgehead atoms. The van der Waals surface area contributed by atoms with E-state index in [0.29, 0.717) is 5.96 Å². The molecule has 0 saturated carbocycles. The summed E-state index contributed by atoms with van der Waals surface area (Å²) in [6.45, 7) is 2.40. The SMILES string of the molecule is CCCCN1CCC(NC(=NC)NCc2c(F)cccc2OC(F)F)CC1. The number of likely N-dealkylation sites (tertiary alicyclic amines) is 1. The molecular weight excluding hydrogens is 357 g/mol. The summed E-state index contributed by atoms with van der Waals surface area (Å²) in [5.74, 6) is -0.245. The lowest BCUT2D eigenvalue weighted by Crippen LogP contribution is -2.48. The molecule has 5 nitrogen and oxygen atoms in total. The number of piperidine rings is 1. The van der Waals surface area contributed by atoms with Crippen LogP contribution < -0.4 is 15.4 Å². The number of alkyl halides is 2. The van der Waals surface area contributed by atoms with Crippen molar-refractivity contribution in [1.82, 2.24) is 15.5 Å². The standard InChI is InChI=1S/C19H29F3N4O/c1-3-4-10-26-11-8-14(9-12-26)25-19(23-2)24-13-15-16(20)6-5-7-17(15)27-18(21)22/h5-7,14,18H,3-4,8-13H2,1-2H3,(H2,23,24,25). The van der Waals surface area contributed by atoms with E-state index < -0.39 is 12.4 Å². The Balaban J connectivity index is 1.86. The van der Waals surface area contributed by atoms with E-state index in [9.17, 15) is 13.2 Å². The Bertz CT molecular complexity index is 605. The van der Waals surface area contributed by atoms with Crippen LogP contribution in [0.4, 0.5) is 13.2 Å².